The van der Waals surface area contributed by atoms with Gasteiger partial charge in [0.2, 0.25) is 0 Å². The van der Waals surface area contributed by atoms with Crippen LogP contribution in [0.15, 0.2) is 0 Å². The van der Waals surface area contributed by atoms with Gasteiger partial charge in [0.15, 0.2) is 0 Å². The number of ether oxygens (including phenoxy) is 1. The minimum atomic E-state index is 0.473. The fourth-order valence-corrected chi connectivity index (χ4v) is 3.99. The maximum Gasteiger partial charge on any atom is 0.0578 e. The molecule has 0 radical (unpaired) electrons. The molecule has 2 aliphatic rings. The van der Waals surface area contributed by atoms with Crippen LogP contribution in [-0.2, 0) is 4.74 Å². The second kappa shape index (κ2) is 5.86. The molecule has 2 atom stereocenters. The van der Waals surface area contributed by atoms with Gasteiger partial charge in [-0.1, -0.05) is 48.5 Å². The predicted molar refractivity (Wildman–Crippen MR) is 72.1 cm³/mol. The van der Waals surface area contributed by atoms with E-state index in [1.54, 1.807) is 0 Å². The zero-order chi connectivity index (χ0) is 11.4. The molecule has 0 aromatic heterocycles. The van der Waals surface area contributed by atoms with Crippen LogP contribution in [0.4, 0.5) is 0 Å². The third kappa shape index (κ3) is 3.22. The lowest BCUT2D eigenvalue weighted by molar-refractivity contribution is -0.0252. The first-order valence-electron chi connectivity index (χ1n) is 6.92. The number of rotatable bonds is 4. The van der Waals surface area contributed by atoms with Crippen molar-refractivity contribution in [3.63, 3.8) is 0 Å². The van der Waals surface area contributed by atoms with Crippen LogP contribution in [0.5, 0.6) is 0 Å². The minimum absolute atomic E-state index is 0.473. The Kier molecular flexibility index (Phi) is 4.72. The van der Waals surface area contributed by atoms with Crippen LogP contribution in [0.25, 0.3) is 0 Å². The molecule has 0 saturated heterocycles. The molecular weight excluding hydrogens is 264 g/mol. The Balaban J connectivity index is 1.77. The first-order valence-corrected chi connectivity index (χ1v) is 8.04. The van der Waals surface area contributed by atoms with Gasteiger partial charge in [-0.15, -0.1) is 0 Å². The van der Waals surface area contributed by atoms with E-state index in [0.717, 1.165) is 17.9 Å². The molecule has 0 amide bonds. The lowest BCUT2D eigenvalue weighted by Crippen LogP contribution is -2.30. The fraction of sp³-hybridized carbons (Fsp3) is 1.00. The van der Waals surface area contributed by atoms with Crippen molar-refractivity contribution in [1.29, 1.82) is 0 Å². The highest BCUT2D eigenvalue weighted by Crippen LogP contribution is 2.40. The summed E-state index contributed by atoms with van der Waals surface area (Å²) in [6.07, 6.45) is 11.4. The highest BCUT2D eigenvalue weighted by Gasteiger charge is 2.34. The van der Waals surface area contributed by atoms with Crippen LogP contribution < -0.4 is 0 Å². The summed E-state index contributed by atoms with van der Waals surface area (Å²) in [6.45, 7) is 3.36. The van der Waals surface area contributed by atoms with Gasteiger partial charge in [0.1, 0.15) is 0 Å². The van der Waals surface area contributed by atoms with Gasteiger partial charge in [0.05, 0.1) is 12.7 Å². The van der Waals surface area contributed by atoms with Gasteiger partial charge in [0, 0.05) is 10.7 Å². The van der Waals surface area contributed by atoms with Crippen molar-refractivity contribution in [2.75, 3.05) is 11.9 Å². The van der Waals surface area contributed by atoms with E-state index in [-0.39, 0.29) is 0 Å². The summed E-state index contributed by atoms with van der Waals surface area (Å²) in [4.78, 5) is 0. The van der Waals surface area contributed by atoms with Crippen LogP contribution >= 0.6 is 15.9 Å². The van der Waals surface area contributed by atoms with Crippen molar-refractivity contribution in [3.05, 3.63) is 0 Å². The van der Waals surface area contributed by atoms with Crippen molar-refractivity contribution < 1.29 is 4.74 Å². The largest absolute Gasteiger partial charge is 0.378 e. The van der Waals surface area contributed by atoms with Crippen molar-refractivity contribution in [3.8, 4) is 0 Å². The van der Waals surface area contributed by atoms with E-state index in [1.165, 1.54) is 51.4 Å². The smallest absolute Gasteiger partial charge is 0.0578 e. The molecule has 0 N–H and O–H groups in total. The second-order valence-electron chi connectivity index (χ2n) is 6.05. The van der Waals surface area contributed by atoms with Gasteiger partial charge >= 0.3 is 0 Å². The standard InChI is InChI=1S/C14H25BrO/c1-12-5-4-6-13(9-12)16-11-14(10-15)7-2-3-8-14/h12-13H,2-11H2,1H3. The van der Waals surface area contributed by atoms with Crippen molar-refractivity contribution in [1.82, 2.24) is 0 Å². The van der Waals surface area contributed by atoms with Gasteiger partial charge in [-0.25, -0.2) is 0 Å². The molecule has 0 aliphatic heterocycles. The van der Waals surface area contributed by atoms with Crippen molar-refractivity contribution in [2.45, 2.75) is 64.4 Å². The van der Waals surface area contributed by atoms with E-state index in [9.17, 15) is 0 Å². The van der Waals surface area contributed by atoms with E-state index in [1.807, 2.05) is 0 Å². The second-order valence-corrected chi connectivity index (χ2v) is 6.61. The molecule has 0 aromatic rings. The summed E-state index contributed by atoms with van der Waals surface area (Å²) < 4.78 is 6.20. The monoisotopic (exact) mass is 288 g/mol. The summed E-state index contributed by atoms with van der Waals surface area (Å²) in [6, 6.07) is 0. The lowest BCUT2D eigenvalue weighted by atomic mass is 9.87. The fourth-order valence-electron chi connectivity index (χ4n) is 3.27. The van der Waals surface area contributed by atoms with Crippen molar-refractivity contribution in [2.24, 2.45) is 11.3 Å². The molecule has 2 heteroatoms. The molecular formula is C14H25BrO. The summed E-state index contributed by atoms with van der Waals surface area (Å²) in [5.74, 6) is 0.877. The Bertz CT molecular complexity index is 211. The molecule has 16 heavy (non-hydrogen) atoms. The topological polar surface area (TPSA) is 9.23 Å². The van der Waals surface area contributed by atoms with Crippen LogP contribution in [0.2, 0.25) is 0 Å². The summed E-state index contributed by atoms with van der Waals surface area (Å²) in [5, 5.41) is 1.13. The quantitative estimate of drug-likeness (QED) is 0.690. The van der Waals surface area contributed by atoms with Crippen molar-refractivity contribution >= 4 is 15.9 Å². The number of hydrogen-bond donors (Lipinski definition) is 0. The molecule has 2 unspecified atom stereocenters. The predicted octanol–water partition coefficient (Wildman–Crippen LogP) is 4.54. The van der Waals surface area contributed by atoms with Crippen LogP contribution in [-0.4, -0.2) is 18.0 Å². The maximum atomic E-state index is 6.20. The molecule has 0 aromatic carbocycles. The molecule has 2 saturated carbocycles. The number of halogens is 1. The average Bonchev–Trinajstić information content (AvgIpc) is 2.76. The lowest BCUT2D eigenvalue weighted by Gasteiger charge is -2.32. The SMILES string of the molecule is CC1CCCC(OCC2(CBr)CCCC2)C1. The van der Waals surface area contributed by atoms with Crippen LogP contribution in [0.3, 0.4) is 0 Å². The third-order valence-corrected chi connectivity index (χ3v) is 5.65. The summed E-state index contributed by atoms with van der Waals surface area (Å²) in [7, 11) is 0. The Morgan fingerprint density at radius 1 is 1.19 bits per heavy atom. The maximum absolute atomic E-state index is 6.20. The van der Waals surface area contributed by atoms with E-state index in [2.05, 4.69) is 22.9 Å². The molecule has 2 fully saturated rings. The van der Waals surface area contributed by atoms with Gasteiger partial charge in [-0.2, -0.15) is 0 Å². The van der Waals surface area contributed by atoms with Crippen LogP contribution in [0, 0.1) is 11.3 Å². The molecule has 0 bridgehead atoms. The summed E-state index contributed by atoms with van der Waals surface area (Å²) >= 11 is 3.69. The van der Waals surface area contributed by atoms with Crippen LogP contribution in [0.1, 0.15) is 58.3 Å². The first-order chi connectivity index (χ1) is 7.74. The summed E-state index contributed by atoms with van der Waals surface area (Å²) in [5.41, 5.74) is 0.473. The van der Waals surface area contributed by atoms with E-state index in [4.69, 9.17) is 4.74 Å². The van der Waals surface area contributed by atoms with E-state index >= 15 is 0 Å². The number of hydrogen-bond acceptors (Lipinski definition) is 1. The Morgan fingerprint density at radius 3 is 2.56 bits per heavy atom. The van der Waals surface area contributed by atoms with Gasteiger partial charge in [-0.05, 0) is 31.6 Å². The van der Waals surface area contributed by atoms with Gasteiger partial charge < -0.3 is 4.74 Å². The van der Waals surface area contributed by atoms with E-state index in [0.29, 0.717) is 11.5 Å². The van der Waals surface area contributed by atoms with E-state index < -0.39 is 0 Å². The normalized spacial score (nSPS) is 34.1. The molecule has 2 aliphatic carbocycles. The Morgan fingerprint density at radius 2 is 1.94 bits per heavy atom. The molecule has 94 valence electrons. The first kappa shape index (κ1) is 12.9. The Labute approximate surface area is 108 Å². The Hall–Kier alpha value is 0.440. The average molecular weight is 289 g/mol. The molecule has 0 heterocycles. The zero-order valence-electron chi connectivity index (χ0n) is 10.5. The zero-order valence-corrected chi connectivity index (χ0v) is 12.1. The third-order valence-electron chi connectivity index (χ3n) is 4.46. The molecule has 0 spiro atoms. The molecule has 1 nitrogen and oxygen atoms in total. The highest BCUT2D eigenvalue weighted by molar-refractivity contribution is 9.09. The number of alkyl halides is 1. The van der Waals surface area contributed by atoms with Gasteiger partial charge in [0.25, 0.3) is 0 Å². The highest BCUT2D eigenvalue weighted by atomic mass is 79.9. The minimum Gasteiger partial charge on any atom is -0.378 e. The van der Waals surface area contributed by atoms with Gasteiger partial charge in [-0.3, -0.25) is 0 Å². The molecule has 2 rings (SSSR count).